The molecule has 2 aromatic carbocycles. The lowest BCUT2D eigenvalue weighted by atomic mass is 9.96. The SMILES string of the molecule is CCN(CC)CCNC(=O)c1c(C)[nH]c(/C=C2\C(=O)Nc3ccccc32)c1-c1cc(OC)ccc1OC. The number of benzene rings is 2. The molecule has 0 fully saturated rings. The molecule has 1 aliphatic heterocycles. The second-order valence-corrected chi connectivity index (χ2v) is 8.82. The summed E-state index contributed by atoms with van der Waals surface area (Å²) >= 11 is 0. The Labute approximate surface area is 217 Å². The van der Waals surface area contributed by atoms with Crippen molar-refractivity contribution >= 4 is 29.2 Å². The lowest BCUT2D eigenvalue weighted by molar-refractivity contribution is -0.110. The van der Waals surface area contributed by atoms with Crippen molar-refractivity contribution in [3.8, 4) is 22.6 Å². The van der Waals surface area contributed by atoms with Gasteiger partial charge in [-0.2, -0.15) is 0 Å². The van der Waals surface area contributed by atoms with Crippen LogP contribution in [0.5, 0.6) is 11.5 Å². The molecule has 4 rings (SSSR count). The number of carbonyl (C=O) groups is 2. The zero-order valence-electron chi connectivity index (χ0n) is 22.0. The average Bonchev–Trinajstić information content (AvgIpc) is 3.41. The predicted octanol–water partition coefficient (Wildman–Crippen LogP) is 4.57. The molecule has 0 radical (unpaired) electrons. The number of nitrogens with one attached hydrogen (secondary N) is 3. The van der Waals surface area contributed by atoms with Gasteiger partial charge in [0.1, 0.15) is 11.5 Å². The number of aromatic nitrogens is 1. The number of ether oxygens (including phenoxy) is 2. The molecule has 3 aromatic rings. The van der Waals surface area contributed by atoms with Crippen LogP contribution in [0.25, 0.3) is 22.8 Å². The molecule has 0 unspecified atom stereocenters. The van der Waals surface area contributed by atoms with Gasteiger partial charge in [0.25, 0.3) is 11.8 Å². The Morgan fingerprint density at radius 1 is 1.05 bits per heavy atom. The summed E-state index contributed by atoms with van der Waals surface area (Å²) in [6.07, 6.45) is 1.80. The van der Waals surface area contributed by atoms with Gasteiger partial charge >= 0.3 is 0 Å². The van der Waals surface area contributed by atoms with E-state index in [2.05, 4.69) is 34.4 Å². The molecular weight excluding hydrogens is 468 g/mol. The number of para-hydroxylation sites is 1. The maximum absolute atomic E-state index is 13.6. The van der Waals surface area contributed by atoms with Crippen LogP contribution in [0.1, 0.15) is 41.2 Å². The Morgan fingerprint density at radius 3 is 2.51 bits per heavy atom. The molecule has 1 aliphatic rings. The van der Waals surface area contributed by atoms with Crippen LogP contribution in [0.2, 0.25) is 0 Å². The quantitative estimate of drug-likeness (QED) is 0.353. The van der Waals surface area contributed by atoms with Crippen molar-refractivity contribution in [2.24, 2.45) is 0 Å². The van der Waals surface area contributed by atoms with Gasteiger partial charge in [0.15, 0.2) is 0 Å². The highest BCUT2D eigenvalue weighted by atomic mass is 16.5. The van der Waals surface area contributed by atoms with E-state index in [4.69, 9.17) is 9.47 Å². The summed E-state index contributed by atoms with van der Waals surface area (Å²) in [5.41, 5.74) is 5.28. The van der Waals surface area contributed by atoms with Gasteiger partial charge in [-0.05, 0) is 50.4 Å². The molecule has 0 aliphatic carbocycles. The minimum Gasteiger partial charge on any atom is -0.497 e. The number of likely N-dealkylation sites (N-methyl/N-ethyl adjacent to an activating group) is 1. The molecule has 0 bridgehead atoms. The van der Waals surface area contributed by atoms with Gasteiger partial charge in [-0.15, -0.1) is 0 Å². The van der Waals surface area contributed by atoms with Crippen LogP contribution >= 0.6 is 0 Å². The van der Waals surface area contributed by atoms with E-state index < -0.39 is 0 Å². The number of anilines is 1. The fourth-order valence-electron chi connectivity index (χ4n) is 4.71. The Balaban J connectivity index is 1.85. The van der Waals surface area contributed by atoms with Crippen molar-refractivity contribution in [3.05, 3.63) is 65.0 Å². The van der Waals surface area contributed by atoms with Gasteiger partial charge in [0, 0.05) is 46.9 Å². The molecule has 0 spiro atoms. The number of aryl methyl sites for hydroxylation is 1. The fourth-order valence-corrected chi connectivity index (χ4v) is 4.71. The average molecular weight is 503 g/mol. The van der Waals surface area contributed by atoms with Crippen molar-refractivity contribution in [1.29, 1.82) is 0 Å². The summed E-state index contributed by atoms with van der Waals surface area (Å²) in [5.74, 6) is 0.835. The van der Waals surface area contributed by atoms with Crippen LogP contribution in [-0.4, -0.2) is 62.1 Å². The van der Waals surface area contributed by atoms with E-state index in [9.17, 15) is 9.59 Å². The molecule has 37 heavy (non-hydrogen) atoms. The summed E-state index contributed by atoms with van der Waals surface area (Å²) < 4.78 is 11.2. The van der Waals surface area contributed by atoms with Gasteiger partial charge in [0.05, 0.1) is 25.4 Å². The van der Waals surface area contributed by atoms with E-state index in [-0.39, 0.29) is 11.8 Å². The summed E-state index contributed by atoms with van der Waals surface area (Å²) in [6, 6.07) is 13.0. The first-order valence-corrected chi connectivity index (χ1v) is 12.5. The van der Waals surface area contributed by atoms with Crippen molar-refractivity contribution in [2.75, 3.05) is 45.7 Å². The van der Waals surface area contributed by atoms with Crippen LogP contribution in [-0.2, 0) is 4.79 Å². The monoisotopic (exact) mass is 502 g/mol. The standard InChI is InChI=1S/C29H34N4O4/c1-6-33(7-2)15-14-30-29(35)26-18(3)31-24(17-21-20-10-8-9-11-23(20)32-28(21)34)27(26)22-16-19(36-4)12-13-25(22)37-5/h8-13,16-17,31H,6-7,14-15H2,1-5H3,(H,30,35)(H,32,34)/b21-17-. The number of fused-ring (bicyclic) bond motifs is 1. The topological polar surface area (TPSA) is 95.7 Å². The molecule has 1 aromatic heterocycles. The molecule has 8 nitrogen and oxygen atoms in total. The molecular formula is C29H34N4O4. The second-order valence-electron chi connectivity index (χ2n) is 8.82. The highest BCUT2D eigenvalue weighted by Gasteiger charge is 2.28. The van der Waals surface area contributed by atoms with Gasteiger partial charge in [-0.1, -0.05) is 32.0 Å². The number of carbonyl (C=O) groups excluding carboxylic acids is 2. The molecule has 0 atom stereocenters. The van der Waals surface area contributed by atoms with Crippen LogP contribution < -0.4 is 20.1 Å². The molecule has 0 saturated heterocycles. The van der Waals surface area contributed by atoms with Crippen LogP contribution in [0, 0.1) is 6.92 Å². The highest BCUT2D eigenvalue weighted by Crippen LogP contribution is 2.41. The summed E-state index contributed by atoms with van der Waals surface area (Å²) in [4.78, 5) is 32.0. The Bertz CT molecular complexity index is 1340. The minimum atomic E-state index is -0.193. The third kappa shape index (κ3) is 5.24. The fraction of sp³-hybridized carbons (Fsp3) is 0.310. The van der Waals surface area contributed by atoms with E-state index in [0.29, 0.717) is 51.7 Å². The zero-order valence-corrected chi connectivity index (χ0v) is 22.0. The van der Waals surface area contributed by atoms with Gasteiger partial charge in [0.2, 0.25) is 0 Å². The van der Waals surface area contributed by atoms with Crippen molar-refractivity contribution in [3.63, 3.8) is 0 Å². The first kappa shape index (κ1) is 26.0. The molecule has 0 saturated carbocycles. The lowest BCUT2D eigenvalue weighted by Gasteiger charge is -2.18. The number of H-pyrrole nitrogens is 1. The van der Waals surface area contributed by atoms with E-state index in [0.717, 1.165) is 30.9 Å². The van der Waals surface area contributed by atoms with E-state index >= 15 is 0 Å². The number of hydrogen-bond donors (Lipinski definition) is 3. The molecule has 194 valence electrons. The summed E-state index contributed by atoms with van der Waals surface area (Å²) in [5, 5.41) is 5.99. The van der Waals surface area contributed by atoms with E-state index in [1.165, 1.54) is 0 Å². The van der Waals surface area contributed by atoms with Crippen LogP contribution in [0.3, 0.4) is 0 Å². The van der Waals surface area contributed by atoms with Crippen molar-refractivity contribution in [1.82, 2.24) is 15.2 Å². The third-order valence-electron chi connectivity index (χ3n) is 6.73. The van der Waals surface area contributed by atoms with Crippen molar-refractivity contribution < 1.29 is 19.1 Å². The third-order valence-corrected chi connectivity index (χ3v) is 6.73. The highest BCUT2D eigenvalue weighted by molar-refractivity contribution is 6.35. The number of hydrogen-bond acceptors (Lipinski definition) is 5. The first-order chi connectivity index (χ1) is 17.9. The largest absolute Gasteiger partial charge is 0.497 e. The number of methoxy groups -OCH3 is 2. The summed E-state index contributed by atoms with van der Waals surface area (Å²) in [7, 11) is 3.19. The van der Waals surface area contributed by atoms with Gasteiger partial charge < -0.3 is 30.0 Å². The number of amides is 2. The molecule has 2 amide bonds. The first-order valence-electron chi connectivity index (χ1n) is 12.5. The number of aromatic amines is 1. The summed E-state index contributed by atoms with van der Waals surface area (Å²) in [6.45, 7) is 9.18. The second kappa shape index (κ2) is 11.3. The molecule has 2 heterocycles. The van der Waals surface area contributed by atoms with Gasteiger partial charge in [-0.3, -0.25) is 9.59 Å². The van der Waals surface area contributed by atoms with E-state index in [1.807, 2.05) is 49.4 Å². The number of nitrogens with zero attached hydrogens (tertiary/aromatic N) is 1. The number of rotatable bonds is 10. The van der Waals surface area contributed by atoms with Crippen molar-refractivity contribution in [2.45, 2.75) is 20.8 Å². The smallest absolute Gasteiger partial charge is 0.256 e. The zero-order chi connectivity index (χ0) is 26.5. The molecule has 8 heteroatoms. The Hall–Kier alpha value is -4.04. The normalized spacial score (nSPS) is 13.6. The maximum Gasteiger partial charge on any atom is 0.256 e. The van der Waals surface area contributed by atoms with Crippen LogP contribution in [0.15, 0.2) is 42.5 Å². The predicted molar refractivity (Wildman–Crippen MR) is 147 cm³/mol. The molecule has 3 N–H and O–H groups in total. The lowest BCUT2D eigenvalue weighted by Crippen LogP contribution is -2.35. The van der Waals surface area contributed by atoms with Crippen LogP contribution in [0.4, 0.5) is 5.69 Å². The van der Waals surface area contributed by atoms with Gasteiger partial charge in [-0.25, -0.2) is 0 Å². The minimum absolute atomic E-state index is 0.192. The Morgan fingerprint density at radius 2 is 1.81 bits per heavy atom. The van der Waals surface area contributed by atoms with E-state index in [1.54, 1.807) is 20.3 Å². The Kier molecular flexibility index (Phi) is 7.98. The maximum atomic E-state index is 13.6.